The number of nitrogens with zero attached hydrogens (tertiary/aromatic N) is 2. The van der Waals surface area contributed by atoms with Crippen LogP contribution in [0.25, 0.3) is 0 Å². The fraction of sp³-hybridized carbons (Fsp3) is 0.333. The monoisotopic (exact) mass is 233 g/mol. The van der Waals surface area contributed by atoms with Crippen LogP contribution in [0.4, 0.5) is 0 Å². The number of nitrogens with one attached hydrogen (secondary N) is 1. The van der Waals surface area contributed by atoms with Crippen molar-refractivity contribution in [2.45, 2.75) is 0 Å². The number of carbonyl (C=O) groups excluding carboxylic acids is 1. The van der Waals surface area contributed by atoms with Gasteiger partial charge in [0.25, 0.3) is 5.91 Å². The first-order valence-electron chi connectivity index (χ1n) is 5.56. The molecular weight excluding hydrogens is 218 g/mol. The lowest BCUT2D eigenvalue weighted by atomic mass is 10.2. The summed E-state index contributed by atoms with van der Waals surface area (Å²) < 4.78 is 5.21. The second kappa shape index (κ2) is 6.00. The van der Waals surface area contributed by atoms with Crippen molar-refractivity contribution in [3.05, 3.63) is 35.9 Å². The van der Waals surface area contributed by atoms with Gasteiger partial charge in [-0.2, -0.15) is 5.10 Å². The van der Waals surface area contributed by atoms with E-state index in [9.17, 15) is 4.79 Å². The largest absolute Gasteiger partial charge is 0.378 e. The van der Waals surface area contributed by atoms with Crippen molar-refractivity contribution in [3.8, 4) is 0 Å². The Bertz CT molecular complexity index is 386. The van der Waals surface area contributed by atoms with Crippen molar-refractivity contribution in [1.29, 1.82) is 0 Å². The third-order valence-corrected chi connectivity index (χ3v) is 2.47. The summed E-state index contributed by atoms with van der Waals surface area (Å²) in [4.78, 5) is 13.6. The molecular formula is C12H15N3O2. The maximum absolute atomic E-state index is 11.6. The molecule has 0 aromatic heterocycles. The van der Waals surface area contributed by atoms with Crippen molar-refractivity contribution in [2.75, 3.05) is 26.3 Å². The molecule has 2 rings (SSSR count). The molecule has 5 nitrogen and oxygen atoms in total. The van der Waals surface area contributed by atoms with E-state index in [2.05, 4.69) is 10.5 Å². The third kappa shape index (κ3) is 3.57. The zero-order valence-corrected chi connectivity index (χ0v) is 9.50. The fourth-order valence-corrected chi connectivity index (χ4v) is 1.52. The van der Waals surface area contributed by atoms with E-state index < -0.39 is 0 Å². The predicted octanol–water partition coefficient (Wildman–Crippen LogP) is 0.692. The van der Waals surface area contributed by atoms with Gasteiger partial charge < -0.3 is 9.64 Å². The Morgan fingerprint density at radius 2 is 2.00 bits per heavy atom. The lowest BCUT2D eigenvalue weighted by Gasteiger charge is -2.23. The Labute approximate surface area is 100 Å². The van der Waals surface area contributed by atoms with Gasteiger partial charge in [-0.15, -0.1) is 0 Å². The number of amides is 1. The fourth-order valence-electron chi connectivity index (χ4n) is 1.52. The average molecular weight is 233 g/mol. The van der Waals surface area contributed by atoms with Gasteiger partial charge in [0.2, 0.25) is 0 Å². The second-order valence-corrected chi connectivity index (χ2v) is 3.70. The molecule has 1 saturated heterocycles. The smallest absolute Gasteiger partial charge is 0.271 e. The molecule has 1 heterocycles. The van der Waals surface area contributed by atoms with Crippen LogP contribution in [0.2, 0.25) is 0 Å². The second-order valence-electron chi connectivity index (χ2n) is 3.70. The molecule has 0 saturated carbocycles. The molecule has 1 aromatic rings. The van der Waals surface area contributed by atoms with Crippen molar-refractivity contribution >= 4 is 12.2 Å². The van der Waals surface area contributed by atoms with E-state index in [-0.39, 0.29) is 5.91 Å². The van der Waals surface area contributed by atoms with Crippen LogP contribution in [0.5, 0.6) is 0 Å². The number of rotatable bonds is 3. The minimum atomic E-state index is -0.199. The average Bonchev–Trinajstić information content (AvgIpc) is 2.41. The lowest BCUT2D eigenvalue weighted by Crippen LogP contribution is -2.36. The number of hydrazone groups is 1. The molecule has 1 aliphatic rings. The quantitative estimate of drug-likeness (QED) is 0.475. The van der Waals surface area contributed by atoms with Gasteiger partial charge in [0.1, 0.15) is 6.34 Å². The van der Waals surface area contributed by atoms with Crippen LogP contribution in [0, 0.1) is 0 Å². The molecule has 5 heteroatoms. The Morgan fingerprint density at radius 1 is 1.29 bits per heavy atom. The van der Waals surface area contributed by atoms with E-state index in [0.717, 1.165) is 13.1 Å². The van der Waals surface area contributed by atoms with Crippen molar-refractivity contribution in [3.63, 3.8) is 0 Å². The summed E-state index contributed by atoms with van der Waals surface area (Å²) in [7, 11) is 0. The molecule has 0 atom stereocenters. The molecule has 1 amide bonds. The van der Waals surface area contributed by atoms with Crippen molar-refractivity contribution in [2.24, 2.45) is 5.10 Å². The van der Waals surface area contributed by atoms with Gasteiger partial charge in [0, 0.05) is 18.7 Å². The summed E-state index contributed by atoms with van der Waals surface area (Å²) in [5, 5.41) is 3.92. The molecule has 0 aliphatic carbocycles. The van der Waals surface area contributed by atoms with Crippen LogP contribution in [0.15, 0.2) is 35.4 Å². The predicted molar refractivity (Wildman–Crippen MR) is 64.8 cm³/mol. The lowest BCUT2D eigenvalue weighted by molar-refractivity contribution is 0.0698. The van der Waals surface area contributed by atoms with Crippen LogP contribution in [-0.4, -0.2) is 43.4 Å². The molecule has 1 aromatic carbocycles. The summed E-state index contributed by atoms with van der Waals surface area (Å²) in [6.07, 6.45) is 1.64. The van der Waals surface area contributed by atoms with E-state index in [4.69, 9.17) is 4.74 Å². The first-order chi connectivity index (χ1) is 8.36. The first-order valence-corrected chi connectivity index (χ1v) is 5.56. The zero-order chi connectivity index (χ0) is 11.9. The molecule has 0 radical (unpaired) electrons. The summed E-state index contributed by atoms with van der Waals surface area (Å²) in [5.41, 5.74) is 3.10. The van der Waals surface area contributed by atoms with E-state index in [1.54, 1.807) is 18.5 Å². The van der Waals surface area contributed by atoms with Crippen LogP contribution >= 0.6 is 0 Å². The van der Waals surface area contributed by atoms with Gasteiger partial charge in [0.05, 0.1) is 13.2 Å². The van der Waals surface area contributed by atoms with E-state index in [1.165, 1.54) is 0 Å². The maximum atomic E-state index is 11.6. The van der Waals surface area contributed by atoms with E-state index in [0.29, 0.717) is 18.8 Å². The van der Waals surface area contributed by atoms with Crippen LogP contribution < -0.4 is 5.43 Å². The van der Waals surface area contributed by atoms with Gasteiger partial charge in [-0.05, 0) is 12.1 Å². The maximum Gasteiger partial charge on any atom is 0.271 e. The van der Waals surface area contributed by atoms with Gasteiger partial charge in [-0.3, -0.25) is 4.79 Å². The van der Waals surface area contributed by atoms with Crippen molar-refractivity contribution < 1.29 is 9.53 Å². The molecule has 1 aliphatic heterocycles. The zero-order valence-electron chi connectivity index (χ0n) is 9.50. The molecule has 90 valence electrons. The Hall–Kier alpha value is -1.88. The van der Waals surface area contributed by atoms with Crippen LogP contribution in [0.3, 0.4) is 0 Å². The summed E-state index contributed by atoms with van der Waals surface area (Å²) in [6.45, 7) is 3.03. The third-order valence-electron chi connectivity index (χ3n) is 2.47. The highest BCUT2D eigenvalue weighted by Crippen LogP contribution is 1.97. The van der Waals surface area contributed by atoms with Gasteiger partial charge in [-0.1, -0.05) is 18.2 Å². The molecule has 0 bridgehead atoms. The molecule has 1 fully saturated rings. The van der Waals surface area contributed by atoms with Crippen molar-refractivity contribution in [1.82, 2.24) is 10.3 Å². The standard InChI is InChI=1S/C12H15N3O2/c16-12(11-4-2-1-3-5-11)14-13-10-15-6-8-17-9-7-15/h1-5,10H,6-9H2,(H,14,16)/b13-10+. The summed E-state index contributed by atoms with van der Waals surface area (Å²) in [5.74, 6) is -0.199. The Morgan fingerprint density at radius 3 is 2.71 bits per heavy atom. The Kier molecular flexibility index (Phi) is 4.10. The number of ether oxygens (including phenoxy) is 1. The van der Waals surface area contributed by atoms with E-state index >= 15 is 0 Å². The number of benzene rings is 1. The SMILES string of the molecule is O=C(N/N=C/N1CCOCC1)c1ccccc1. The van der Waals surface area contributed by atoms with Gasteiger partial charge in [0.15, 0.2) is 0 Å². The molecule has 0 spiro atoms. The summed E-state index contributed by atoms with van der Waals surface area (Å²) in [6, 6.07) is 9.01. The van der Waals surface area contributed by atoms with Crippen LogP contribution in [-0.2, 0) is 4.74 Å². The topological polar surface area (TPSA) is 53.9 Å². The minimum absolute atomic E-state index is 0.199. The first kappa shape index (κ1) is 11.6. The number of hydrogen-bond acceptors (Lipinski definition) is 3. The molecule has 1 N–H and O–H groups in total. The van der Waals surface area contributed by atoms with Gasteiger partial charge in [-0.25, -0.2) is 5.43 Å². The normalized spacial score (nSPS) is 16.1. The highest BCUT2D eigenvalue weighted by Gasteiger charge is 2.06. The molecule has 17 heavy (non-hydrogen) atoms. The number of hydrogen-bond donors (Lipinski definition) is 1. The highest BCUT2D eigenvalue weighted by molar-refractivity contribution is 5.94. The molecule has 0 unspecified atom stereocenters. The Balaban J connectivity index is 1.81. The van der Waals surface area contributed by atoms with Gasteiger partial charge >= 0.3 is 0 Å². The minimum Gasteiger partial charge on any atom is -0.378 e. The van der Waals surface area contributed by atoms with Crippen LogP contribution in [0.1, 0.15) is 10.4 Å². The highest BCUT2D eigenvalue weighted by atomic mass is 16.5. The van der Waals surface area contributed by atoms with E-state index in [1.807, 2.05) is 23.1 Å². The number of carbonyl (C=O) groups is 1. The summed E-state index contributed by atoms with van der Waals surface area (Å²) >= 11 is 0. The number of morpholine rings is 1.